The molecule has 2 heterocycles. The number of nitrogen functional groups attached to an aromatic ring is 2. The molecule has 0 spiro atoms. The van der Waals surface area contributed by atoms with E-state index in [0.717, 1.165) is 0 Å². The van der Waals surface area contributed by atoms with Crippen molar-refractivity contribution in [3.8, 4) is 0 Å². The van der Waals surface area contributed by atoms with Crippen LogP contribution in [0.4, 0.5) is 17.3 Å². The molecule has 1 unspecified atom stereocenters. The summed E-state index contributed by atoms with van der Waals surface area (Å²) in [4.78, 5) is 7.67. The van der Waals surface area contributed by atoms with Gasteiger partial charge in [-0.2, -0.15) is 0 Å². The zero-order valence-corrected chi connectivity index (χ0v) is 11.2. The van der Waals surface area contributed by atoms with Crippen LogP contribution < -0.4 is 16.8 Å². The fraction of sp³-hybridized carbons (Fsp3) is 0.636. The van der Waals surface area contributed by atoms with Gasteiger partial charge in [-0.15, -0.1) is 0 Å². The van der Waals surface area contributed by atoms with Gasteiger partial charge in [-0.05, 0) is 0 Å². The molecule has 1 aromatic rings. The molecule has 2 rings (SSSR count). The SMILES string of the molecule is Nc1ncnc(N[C@@H]2O[C@H](CO)[C@H](O)C2OCCO)c1N. The predicted molar refractivity (Wildman–Crippen MR) is 73.1 cm³/mol. The zero-order valence-electron chi connectivity index (χ0n) is 11.2. The number of anilines is 3. The first-order valence-corrected chi connectivity index (χ1v) is 6.37. The van der Waals surface area contributed by atoms with E-state index in [4.69, 9.17) is 26.0 Å². The molecule has 10 heteroatoms. The van der Waals surface area contributed by atoms with Gasteiger partial charge in [0.15, 0.2) is 17.9 Å². The Kier molecular flexibility index (Phi) is 5.09. The van der Waals surface area contributed by atoms with E-state index in [1.54, 1.807) is 0 Å². The van der Waals surface area contributed by atoms with Crippen molar-refractivity contribution >= 4 is 17.3 Å². The molecular formula is C11H19N5O5. The van der Waals surface area contributed by atoms with E-state index in [2.05, 4.69) is 15.3 Å². The van der Waals surface area contributed by atoms with Crippen molar-refractivity contribution in [2.75, 3.05) is 36.6 Å². The first-order valence-electron chi connectivity index (χ1n) is 6.37. The minimum Gasteiger partial charge on any atom is -0.394 e. The van der Waals surface area contributed by atoms with Crippen molar-refractivity contribution in [1.29, 1.82) is 0 Å². The molecular weight excluding hydrogens is 282 g/mol. The third-order valence-corrected chi connectivity index (χ3v) is 3.11. The molecule has 0 amide bonds. The lowest BCUT2D eigenvalue weighted by Crippen LogP contribution is -2.40. The minimum atomic E-state index is -1.06. The van der Waals surface area contributed by atoms with Gasteiger partial charge >= 0.3 is 0 Å². The van der Waals surface area contributed by atoms with Gasteiger partial charge in [0.2, 0.25) is 0 Å². The van der Waals surface area contributed by atoms with Crippen molar-refractivity contribution < 1.29 is 24.8 Å². The third-order valence-electron chi connectivity index (χ3n) is 3.11. The van der Waals surface area contributed by atoms with Crippen molar-refractivity contribution in [2.45, 2.75) is 24.5 Å². The molecule has 1 aromatic heterocycles. The highest BCUT2D eigenvalue weighted by atomic mass is 16.6. The number of rotatable bonds is 6. The number of aliphatic hydroxyl groups is 3. The Morgan fingerprint density at radius 2 is 2.10 bits per heavy atom. The molecule has 1 saturated heterocycles. The Labute approximate surface area is 120 Å². The smallest absolute Gasteiger partial charge is 0.158 e. The quantitative estimate of drug-likeness (QED) is 0.330. The molecule has 1 aliphatic heterocycles. The Bertz CT molecular complexity index is 476. The summed E-state index contributed by atoms with van der Waals surface area (Å²) in [5, 5.41) is 30.9. The van der Waals surface area contributed by atoms with Crippen LogP contribution in [0.5, 0.6) is 0 Å². The summed E-state index contributed by atoms with van der Waals surface area (Å²) in [5.41, 5.74) is 11.5. The number of aromatic nitrogens is 2. The van der Waals surface area contributed by atoms with Crippen LogP contribution in [0, 0.1) is 0 Å². The topological polar surface area (TPSA) is 169 Å². The lowest BCUT2D eigenvalue weighted by molar-refractivity contribution is -0.0419. The third kappa shape index (κ3) is 3.31. The summed E-state index contributed by atoms with van der Waals surface area (Å²) in [5.74, 6) is 0.341. The fourth-order valence-electron chi connectivity index (χ4n) is 2.04. The van der Waals surface area contributed by atoms with E-state index in [1.807, 2.05) is 0 Å². The van der Waals surface area contributed by atoms with Gasteiger partial charge < -0.3 is 41.6 Å². The van der Waals surface area contributed by atoms with Gasteiger partial charge in [0, 0.05) is 0 Å². The summed E-state index contributed by atoms with van der Waals surface area (Å²) < 4.78 is 10.8. The number of ether oxygens (including phenoxy) is 2. The lowest BCUT2D eigenvalue weighted by atomic mass is 10.1. The molecule has 1 aliphatic rings. The highest BCUT2D eigenvalue weighted by molar-refractivity contribution is 5.72. The molecule has 8 N–H and O–H groups in total. The van der Waals surface area contributed by atoms with Crippen LogP contribution in [0.3, 0.4) is 0 Å². The molecule has 0 aromatic carbocycles. The molecule has 0 aliphatic carbocycles. The van der Waals surface area contributed by atoms with Gasteiger partial charge in [0.05, 0.1) is 19.8 Å². The Hall–Kier alpha value is -1.72. The standard InChI is InChI=1S/C11H19N5O5/c12-6-9(13)14-4-15-10(6)16-11-8(20-2-1-17)7(19)5(3-18)21-11/h4-5,7-8,11,17-19H,1-3,12H2,(H3,13,14,15,16)/t5-,7+,8?,11-/m1/s1. The van der Waals surface area contributed by atoms with Crippen LogP contribution in [0.1, 0.15) is 0 Å². The second kappa shape index (κ2) is 6.83. The normalized spacial score (nSPS) is 28.7. The number of nitrogens with zero attached hydrogens (tertiary/aromatic N) is 2. The van der Waals surface area contributed by atoms with Crippen molar-refractivity contribution in [3.63, 3.8) is 0 Å². The maximum Gasteiger partial charge on any atom is 0.158 e. The highest BCUT2D eigenvalue weighted by Crippen LogP contribution is 2.27. The first kappa shape index (κ1) is 15.7. The summed E-state index contributed by atoms with van der Waals surface area (Å²) >= 11 is 0. The number of nitrogens with one attached hydrogen (secondary N) is 1. The Morgan fingerprint density at radius 1 is 1.33 bits per heavy atom. The van der Waals surface area contributed by atoms with Gasteiger partial charge in [0.25, 0.3) is 0 Å². The number of aliphatic hydroxyl groups excluding tert-OH is 3. The van der Waals surface area contributed by atoms with E-state index >= 15 is 0 Å². The molecule has 10 nitrogen and oxygen atoms in total. The second-order valence-electron chi connectivity index (χ2n) is 4.49. The van der Waals surface area contributed by atoms with Crippen LogP contribution in [-0.4, -0.2) is 69.6 Å². The molecule has 0 radical (unpaired) electrons. The monoisotopic (exact) mass is 301 g/mol. The molecule has 1 fully saturated rings. The van der Waals surface area contributed by atoms with Crippen LogP contribution in [0.25, 0.3) is 0 Å². The van der Waals surface area contributed by atoms with Crippen molar-refractivity contribution in [3.05, 3.63) is 6.33 Å². The largest absolute Gasteiger partial charge is 0.394 e. The van der Waals surface area contributed by atoms with E-state index < -0.39 is 24.5 Å². The lowest BCUT2D eigenvalue weighted by Gasteiger charge is -2.22. The molecule has 4 atom stereocenters. The van der Waals surface area contributed by atoms with Crippen LogP contribution in [0.2, 0.25) is 0 Å². The predicted octanol–water partition coefficient (Wildman–Crippen LogP) is -2.49. The maximum atomic E-state index is 10.0. The van der Waals surface area contributed by atoms with Gasteiger partial charge in [0.1, 0.15) is 30.3 Å². The first-order chi connectivity index (χ1) is 10.1. The van der Waals surface area contributed by atoms with E-state index in [9.17, 15) is 10.2 Å². The van der Waals surface area contributed by atoms with E-state index in [1.165, 1.54) is 6.33 Å². The van der Waals surface area contributed by atoms with Crippen LogP contribution in [-0.2, 0) is 9.47 Å². The summed E-state index contributed by atoms with van der Waals surface area (Å²) in [6.07, 6.45) is -2.25. The summed E-state index contributed by atoms with van der Waals surface area (Å²) in [6.45, 7) is -0.565. The Balaban J connectivity index is 2.14. The minimum absolute atomic E-state index is 0.0167. The number of hydrogen-bond donors (Lipinski definition) is 6. The second-order valence-corrected chi connectivity index (χ2v) is 4.49. The van der Waals surface area contributed by atoms with E-state index in [0.29, 0.717) is 0 Å². The average molecular weight is 301 g/mol. The van der Waals surface area contributed by atoms with Gasteiger partial charge in [-0.3, -0.25) is 0 Å². The van der Waals surface area contributed by atoms with Crippen LogP contribution >= 0.6 is 0 Å². The Morgan fingerprint density at radius 3 is 2.76 bits per heavy atom. The average Bonchev–Trinajstić information content (AvgIpc) is 2.77. The van der Waals surface area contributed by atoms with Crippen molar-refractivity contribution in [1.82, 2.24) is 9.97 Å². The number of nitrogens with two attached hydrogens (primary N) is 2. The zero-order chi connectivity index (χ0) is 15.4. The van der Waals surface area contributed by atoms with Crippen molar-refractivity contribution in [2.24, 2.45) is 0 Å². The molecule has 0 saturated carbocycles. The fourth-order valence-corrected chi connectivity index (χ4v) is 2.04. The number of hydrogen-bond acceptors (Lipinski definition) is 10. The molecule has 0 bridgehead atoms. The maximum absolute atomic E-state index is 10.0. The summed E-state index contributed by atoms with van der Waals surface area (Å²) in [6, 6.07) is 0. The van der Waals surface area contributed by atoms with E-state index in [-0.39, 0.29) is 37.1 Å². The van der Waals surface area contributed by atoms with Gasteiger partial charge in [-0.1, -0.05) is 0 Å². The summed E-state index contributed by atoms with van der Waals surface area (Å²) in [7, 11) is 0. The van der Waals surface area contributed by atoms with Gasteiger partial charge in [-0.25, -0.2) is 9.97 Å². The highest BCUT2D eigenvalue weighted by Gasteiger charge is 2.44. The molecule has 118 valence electrons. The van der Waals surface area contributed by atoms with Crippen LogP contribution in [0.15, 0.2) is 6.33 Å². The molecule has 21 heavy (non-hydrogen) atoms.